The maximum absolute atomic E-state index is 5.29. The van der Waals surface area contributed by atoms with Gasteiger partial charge in [-0.05, 0) is 0 Å². The van der Waals surface area contributed by atoms with Crippen LogP contribution in [0.2, 0.25) is 14.8 Å². The van der Waals surface area contributed by atoms with Gasteiger partial charge in [0, 0.05) is 0 Å². The summed E-state index contributed by atoms with van der Waals surface area (Å²) in [6.45, 7) is 0. The van der Waals surface area contributed by atoms with Gasteiger partial charge in [-0.25, -0.2) is 0 Å². The zero-order valence-electron chi connectivity index (χ0n) is 10.3. The van der Waals surface area contributed by atoms with Crippen LogP contribution in [0.3, 0.4) is 0 Å². The average Bonchev–Trinajstić information content (AvgIpc) is 2.15. The second-order valence-electron chi connectivity index (χ2n) is 4.93. The Morgan fingerprint density at radius 3 is 2.07 bits per heavy atom. The molecule has 0 amide bonds. The van der Waals surface area contributed by atoms with E-state index in [0.717, 1.165) is 11.5 Å². The van der Waals surface area contributed by atoms with Crippen molar-refractivity contribution in [2.75, 3.05) is 14.2 Å². The van der Waals surface area contributed by atoms with Crippen LogP contribution in [-0.2, 0) is 4.44 Å². The molecule has 0 fully saturated rings. The van der Waals surface area contributed by atoms with Crippen molar-refractivity contribution in [1.82, 2.24) is 0 Å². The van der Waals surface area contributed by atoms with E-state index in [4.69, 9.17) is 9.47 Å². The molecule has 0 aromatic heterocycles. The van der Waals surface area contributed by atoms with Crippen molar-refractivity contribution in [3.8, 4) is 11.5 Å². The van der Waals surface area contributed by atoms with E-state index in [1.54, 1.807) is 14.2 Å². The molecule has 0 saturated carbocycles. The molecule has 0 aliphatic rings. The van der Waals surface area contributed by atoms with Gasteiger partial charge in [-0.2, -0.15) is 0 Å². The van der Waals surface area contributed by atoms with Crippen LogP contribution < -0.4 is 9.47 Å². The summed E-state index contributed by atoms with van der Waals surface area (Å²) in [5, 5.41) is 0. The van der Waals surface area contributed by atoms with Gasteiger partial charge in [-0.15, -0.1) is 0 Å². The average molecular weight is 315 g/mol. The predicted octanol–water partition coefficient (Wildman–Crippen LogP) is 3.12. The second-order valence-corrected chi connectivity index (χ2v) is 20.6. The number of benzene rings is 1. The number of hydrogen-bond donors (Lipinski definition) is 0. The van der Waals surface area contributed by atoms with Crippen molar-refractivity contribution in [2.24, 2.45) is 0 Å². The molecule has 0 heterocycles. The van der Waals surface area contributed by atoms with Gasteiger partial charge < -0.3 is 0 Å². The first-order valence-corrected chi connectivity index (χ1v) is 15.8. The van der Waals surface area contributed by atoms with E-state index in [-0.39, 0.29) is 0 Å². The minimum atomic E-state index is -1.75. The molecular weight excluding hydrogens is 295 g/mol. The van der Waals surface area contributed by atoms with Crippen LogP contribution >= 0.6 is 0 Å². The van der Waals surface area contributed by atoms with Crippen LogP contribution in [0.25, 0.3) is 0 Å². The fraction of sp³-hybridized carbons (Fsp3) is 0.500. The molecule has 2 nitrogen and oxygen atoms in total. The molecule has 0 atom stereocenters. The summed E-state index contributed by atoms with van der Waals surface area (Å²) in [7, 11) is 3.35. The quantitative estimate of drug-likeness (QED) is 0.795. The second kappa shape index (κ2) is 5.10. The molecule has 0 aliphatic heterocycles. The van der Waals surface area contributed by atoms with E-state index in [1.807, 2.05) is 6.07 Å². The Kier molecular flexibility index (Phi) is 4.31. The number of hydrogen-bond acceptors (Lipinski definition) is 2. The zero-order chi connectivity index (χ0) is 11.5. The SMILES string of the molecule is COc1ccc([CH2][Sn]([CH3])([CH3])[CH3])cc1OC. The Hall–Kier alpha value is -0.381. The number of rotatable bonds is 4. The van der Waals surface area contributed by atoms with E-state index < -0.39 is 18.4 Å². The van der Waals surface area contributed by atoms with Crippen LogP contribution in [0.4, 0.5) is 0 Å². The van der Waals surface area contributed by atoms with E-state index in [2.05, 4.69) is 27.0 Å². The third kappa shape index (κ3) is 3.93. The molecule has 0 aliphatic carbocycles. The third-order valence-electron chi connectivity index (χ3n) is 2.18. The van der Waals surface area contributed by atoms with Crippen LogP contribution in [0.1, 0.15) is 5.56 Å². The molecule has 1 aromatic rings. The predicted molar refractivity (Wildman–Crippen MR) is 66.6 cm³/mol. The fourth-order valence-corrected chi connectivity index (χ4v) is 5.73. The molecule has 3 heteroatoms. The van der Waals surface area contributed by atoms with Gasteiger partial charge in [0.05, 0.1) is 0 Å². The van der Waals surface area contributed by atoms with Gasteiger partial charge in [0.25, 0.3) is 0 Å². The standard InChI is InChI=1S/C9H11O2.3CH3.Sn/c1-7-4-5-8(10-2)9(6-7)11-3;;;;/h4-6H,1H2,2-3H3;3*1H3;. The Balaban J connectivity index is 2.93. The Bertz CT molecular complexity index is 329. The molecule has 15 heavy (non-hydrogen) atoms. The van der Waals surface area contributed by atoms with E-state index in [1.165, 1.54) is 10.0 Å². The summed E-state index contributed by atoms with van der Waals surface area (Å²) in [5.41, 5.74) is 1.37. The monoisotopic (exact) mass is 316 g/mol. The van der Waals surface area contributed by atoms with Gasteiger partial charge in [0.1, 0.15) is 0 Å². The molecule has 0 spiro atoms. The van der Waals surface area contributed by atoms with Gasteiger partial charge in [-0.3, -0.25) is 0 Å². The third-order valence-corrected chi connectivity index (χ3v) is 6.37. The van der Waals surface area contributed by atoms with Crippen LogP contribution in [0, 0.1) is 0 Å². The van der Waals surface area contributed by atoms with E-state index >= 15 is 0 Å². The molecular formula is C12H20O2Sn. The molecule has 0 radical (unpaired) electrons. The summed E-state index contributed by atoms with van der Waals surface area (Å²) < 4.78 is 11.7. The van der Waals surface area contributed by atoms with Crippen molar-refractivity contribution in [1.29, 1.82) is 0 Å². The number of methoxy groups -OCH3 is 2. The molecule has 84 valence electrons. The van der Waals surface area contributed by atoms with E-state index in [9.17, 15) is 0 Å². The Morgan fingerprint density at radius 2 is 1.60 bits per heavy atom. The summed E-state index contributed by atoms with van der Waals surface area (Å²) >= 11 is -1.75. The Morgan fingerprint density at radius 1 is 1.00 bits per heavy atom. The summed E-state index contributed by atoms with van der Waals surface area (Å²) in [5.74, 6) is 1.65. The van der Waals surface area contributed by atoms with Crippen LogP contribution in [0.5, 0.6) is 11.5 Å². The van der Waals surface area contributed by atoms with Gasteiger partial charge >= 0.3 is 96.6 Å². The molecule has 0 N–H and O–H groups in total. The molecule has 0 unspecified atom stereocenters. The van der Waals surface area contributed by atoms with Crippen LogP contribution in [-0.4, -0.2) is 32.6 Å². The van der Waals surface area contributed by atoms with Crippen molar-refractivity contribution in [3.05, 3.63) is 23.8 Å². The minimum absolute atomic E-state index is 0.811. The fourth-order valence-electron chi connectivity index (χ4n) is 1.60. The number of ether oxygens (including phenoxy) is 2. The summed E-state index contributed by atoms with van der Waals surface area (Å²) in [6, 6.07) is 6.23. The van der Waals surface area contributed by atoms with Gasteiger partial charge in [0.15, 0.2) is 0 Å². The summed E-state index contributed by atoms with van der Waals surface area (Å²) in [6.07, 6.45) is 0. The molecule has 0 bridgehead atoms. The van der Waals surface area contributed by atoms with E-state index in [0.29, 0.717) is 0 Å². The first kappa shape index (κ1) is 12.7. The normalized spacial score (nSPS) is 11.3. The topological polar surface area (TPSA) is 18.5 Å². The summed E-state index contributed by atoms with van der Waals surface area (Å²) in [4.78, 5) is 7.31. The molecule has 1 aromatic carbocycles. The Labute approximate surface area is 96.5 Å². The van der Waals surface area contributed by atoms with Crippen LogP contribution in [0.15, 0.2) is 18.2 Å². The van der Waals surface area contributed by atoms with Crippen molar-refractivity contribution >= 4 is 18.4 Å². The van der Waals surface area contributed by atoms with Crippen molar-refractivity contribution < 1.29 is 9.47 Å². The molecule has 0 saturated heterocycles. The van der Waals surface area contributed by atoms with Gasteiger partial charge in [-0.1, -0.05) is 0 Å². The first-order chi connectivity index (χ1) is 6.96. The van der Waals surface area contributed by atoms with Crippen molar-refractivity contribution in [3.63, 3.8) is 0 Å². The molecule has 1 rings (SSSR count). The zero-order valence-corrected chi connectivity index (χ0v) is 13.1. The first-order valence-electron chi connectivity index (χ1n) is 5.17. The van der Waals surface area contributed by atoms with Gasteiger partial charge in [0.2, 0.25) is 0 Å². The van der Waals surface area contributed by atoms with Crippen molar-refractivity contribution in [2.45, 2.75) is 19.3 Å². The maximum atomic E-state index is 5.29.